The molecule has 2 unspecified atom stereocenters. The number of rotatable bonds is 5. The number of nitrogens with one attached hydrogen (secondary N) is 2. The van der Waals surface area contributed by atoms with Gasteiger partial charge in [-0.05, 0) is 52.8 Å². The van der Waals surface area contributed by atoms with Crippen LogP contribution in [0.1, 0.15) is 35.7 Å². The summed E-state index contributed by atoms with van der Waals surface area (Å²) < 4.78 is 39.9. The van der Waals surface area contributed by atoms with Gasteiger partial charge in [0.1, 0.15) is 15.7 Å². The zero-order valence-corrected chi connectivity index (χ0v) is 17.5. The van der Waals surface area contributed by atoms with Gasteiger partial charge < -0.3 is 15.3 Å². The van der Waals surface area contributed by atoms with Crippen molar-refractivity contribution in [2.24, 2.45) is 5.16 Å². The van der Waals surface area contributed by atoms with E-state index in [4.69, 9.17) is 14.2 Å². The Morgan fingerprint density at radius 3 is 2.84 bits per heavy atom. The minimum atomic E-state index is -2.72. The first-order valence-electron chi connectivity index (χ1n) is 9.88. The molecule has 3 N–H and O–H groups in total. The molecule has 0 amide bonds. The van der Waals surface area contributed by atoms with E-state index in [1.165, 1.54) is 23.3 Å². The van der Waals surface area contributed by atoms with Crippen molar-refractivity contribution in [3.63, 3.8) is 0 Å². The van der Waals surface area contributed by atoms with Crippen molar-refractivity contribution in [2.45, 2.75) is 37.8 Å². The maximum atomic E-state index is 13.7. The lowest BCUT2D eigenvalue weighted by Crippen LogP contribution is -2.44. The highest BCUT2D eigenvalue weighted by atomic mass is 32.2. The summed E-state index contributed by atoms with van der Waals surface area (Å²) in [6, 6.07) is 4.28. The number of oxime groups is 1. The quantitative estimate of drug-likeness (QED) is 0.617. The fourth-order valence-electron chi connectivity index (χ4n) is 4.24. The average Bonchev–Trinajstić information content (AvgIpc) is 3.31. The van der Waals surface area contributed by atoms with Gasteiger partial charge in [0.2, 0.25) is 11.7 Å². The summed E-state index contributed by atoms with van der Waals surface area (Å²) in [5.41, 5.74) is 2.04. The molecular weight excluding hydrogens is 429 g/mol. The molecule has 1 fully saturated rings. The largest absolute Gasteiger partial charge is 0.362 e. The number of aromatic nitrogens is 2. The number of halogens is 1. The standard InChI is InChI=1S/C18H22FN7O4S/c1-31(20,28)25-6-4-12(5-7-25)21-16-15(22-30-23-16)17-24-29-18(27)26(17)14-8-10-2-3-11(19)9-13(10)14/h2-3,9,12,14,18,20,27H,4-8H2,1H3,(H,21,23)/t14-,18?,31?/m0/s1. The predicted molar refractivity (Wildman–Crippen MR) is 108 cm³/mol. The van der Waals surface area contributed by atoms with E-state index in [1.807, 2.05) is 0 Å². The number of hydrogen-bond acceptors (Lipinski definition) is 10. The number of aliphatic hydroxyl groups excluding tert-OH is 1. The maximum Gasteiger partial charge on any atom is 0.308 e. The fraction of sp³-hybridized carbons (Fsp3) is 0.500. The molecule has 2 aliphatic heterocycles. The number of amidine groups is 1. The van der Waals surface area contributed by atoms with Crippen LogP contribution in [0.4, 0.5) is 10.2 Å². The molecule has 11 nitrogen and oxygen atoms in total. The lowest BCUT2D eigenvalue weighted by atomic mass is 9.82. The van der Waals surface area contributed by atoms with E-state index in [1.54, 1.807) is 10.4 Å². The van der Waals surface area contributed by atoms with E-state index in [0.29, 0.717) is 38.2 Å². The van der Waals surface area contributed by atoms with E-state index >= 15 is 0 Å². The molecule has 0 radical (unpaired) electrons. The third kappa shape index (κ3) is 3.62. The van der Waals surface area contributed by atoms with Gasteiger partial charge in [-0.1, -0.05) is 11.2 Å². The van der Waals surface area contributed by atoms with Crippen molar-refractivity contribution < 1.29 is 23.2 Å². The lowest BCUT2D eigenvalue weighted by molar-refractivity contribution is -0.158. The summed E-state index contributed by atoms with van der Waals surface area (Å²) in [6.07, 6.45) is 2.02. The van der Waals surface area contributed by atoms with Crippen LogP contribution in [-0.2, 0) is 21.2 Å². The second-order valence-corrected chi connectivity index (χ2v) is 10.0. The Labute approximate surface area is 177 Å². The summed E-state index contributed by atoms with van der Waals surface area (Å²) in [5.74, 6) is 0.246. The van der Waals surface area contributed by atoms with E-state index < -0.39 is 16.3 Å². The smallest absolute Gasteiger partial charge is 0.308 e. The summed E-state index contributed by atoms with van der Waals surface area (Å²) in [4.78, 5) is 6.61. The Balaban J connectivity index is 1.33. The molecule has 1 aliphatic carbocycles. The summed E-state index contributed by atoms with van der Waals surface area (Å²) in [5, 5.41) is 25.5. The van der Waals surface area contributed by atoms with Gasteiger partial charge in [0.05, 0.1) is 6.04 Å². The highest BCUT2D eigenvalue weighted by Crippen LogP contribution is 2.41. The molecule has 0 bridgehead atoms. The molecule has 3 atom stereocenters. The topological polar surface area (TPSA) is 140 Å². The third-order valence-corrected chi connectivity index (χ3v) is 7.27. The molecule has 166 valence electrons. The SMILES string of the molecule is CS(=N)(=O)N1CCC(Nc2nonc2C2=NOC(O)N2[C@H]2Cc3ccc(F)cc32)CC1. The molecule has 1 saturated heterocycles. The number of piperidine rings is 1. The molecule has 0 saturated carbocycles. The number of benzene rings is 1. The van der Waals surface area contributed by atoms with Crippen LogP contribution in [0, 0.1) is 10.6 Å². The van der Waals surface area contributed by atoms with Gasteiger partial charge in [-0.2, -0.15) is 0 Å². The molecule has 3 aliphatic rings. The molecular formula is C18H22FN7O4S. The van der Waals surface area contributed by atoms with E-state index in [-0.39, 0.29) is 29.4 Å². The maximum absolute atomic E-state index is 13.7. The van der Waals surface area contributed by atoms with Crippen molar-refractivity contribution in [2.75, 3.05) is 24.7 Å². The van der Waals surface area contributed by atoms with Crippen LogP contribution in [-0.4, -0.2) is 66.5 Å². The zero-order chi connectivity index (χ0) is 21.8. The predicted octanol–water partition coefficient (Wildman–Crippen LogP) is 1.24. The molecule has 1 aromatic heterocycles. The second-order valence-electron chi connectivity index (χ2n) is 7.93. The zero-order valence-electron chi connectivity index (χ0n) is 16.7. The van der Waals surface area contributed by atoms with Crippen LogP contribution >= 0.6 is 0 Å². The number of anilines is 1. The molecule has 5 rings (SSSR count). The molecule has 3 heterocycles. The second kappa shape index (κ2) is 7.43. The van der Waals surface area contributed by atoms with Gasteiger partial charge in [-0.15, -0.1) is 0 Å². The van der Waals surface area contributed by atoms with Gasteiger partial charge in [0.15, 0.2) is 5.69 Å². The summed E-state index contributed by atoms with van der Waals surface area (Å²) >= 11 is 0. The average molecular weight is 451 g/mol. The van der Waals surface area contributed by atoms with Crippen molar-refractivity contribution in [3.8, 4) is 0 Å². The van der Waals surface area contributed by atoms with Gasteiger partial charge in [-0.3, -0.25) is 4.90 Å². The van der Waals surface area contributed by atoms with E-state index in [0.717, 1.165) is 11.1 Å². The Bertz CT molecular complexity index is 1130. The third-order valence-electron chi connectivity index (χ3n) is 5.92. The van der Waals surface area contributed by atoms with Crippen molar-refractivity contribution in [1.29, 1.82) is 4.78 Å². The monoisotopic (exact) mass is 451 g/mol. The molecule has 13 heteroatoms. The van der Waals surface area contributed by atoms with Gasteiger partial charge in [0.25, 0.3) is 0 Å². The Kier molecular flexibility index (Phi) is 4.83. The molecule has 0 spiro atoms. The normalized spacial score (nSPS) is 25.9. The highest BCUT2D eigenvalue weighted by molar-refractivity contribution is 7.89. The van der Waals surface area contributed by atoms with Gasteiger partial charge >= 0.3 is 6.41 Å². The highest BCUT2D eigenvalue weighted by Gasteiger charge is 2.43. The van der Waals surface area contributed by atoms with Crippen molar-refractivity contribution in [3.05, 3.63) is 40.8 Å². The number of fused-ring (bicyclic) bond motifs is 1. The van der Waals surface area contributed by atoms with Crippen LogP contribution in [0.5, 0.6) is 0 Å². The first-order valence-corrected chi connectivity index (χ1v) is 11.8. The minimum absolute atomic E-state index is 0.0171. The first kappa shape index (κ1) is 20.2. The lowest BCUT2D eigenvalue weighted by Gasteiger charge is -2.38. The van der Waals surface area contributed by atoms with Crippen LogP contribution in [0.15, 0.2) is 28.0 Å². The fourth-order valence-corrected chi connectivity index (χ4v) is 5.14. The van der Waals surface area contributed by atoms with Crippen LogP contribution in [0.2, 0.25) is 0 Å². The van der Waals surface area contributed by atoms with Crippen LogP contribution in [0.3, 0.4) is 0 Å². The Hall–Kier alpha value is -2.77. The van der Waals surface area contributed by atoms with Gasteiger partial charge in [0, 0.05) is 25.4 Å². The van der Waals surface area contributed by atoms with Crippen LogP contribution < -0.4 is 5.32 Å². The summed E-state index contributed by atoms with van der Waals surface area (Å²) in [7, 11) is -2.72. The van der Waals surface area contributed by atoms with Crippen LogP contribution in [0.25, 0.3) is 0 Å². The van der Waals surface area contributed by atoms with Crippen molar-refractivity contribution >= 4 is 21.6 Å². The Morgan fingerprint density at radius 1 is 1.32 bits per heavy atom. The molecule has 2 aromatic rings. The Morgan fingerprint density at radius 2 is 2.10 bits per heavy atom. The van der Waals surface area contributed by atoms with Crippen molar-refractivity contribution in [1.82, 2.24) is 19.5 Å². The van der Waals surface area contributed by atoms with E-state index in [2.05, 4.69) is 20.8 Å². The first-order chi connectivity index (χ1) is 14.8. The number of hydrogen-bond donors (Lipinski definition) is 3. The minimum Gasteiger partial charge on any atom is -0.362 e. The van der Waals surface area contributed by atoms with E-state index in [9.17, 15) is 13.7 Å². The molecule has 31 heavy (non-hydrogen) atoms. The van der Waals surface area contributed by atoms with Gasteiger partial charge in [-0.25, -0.2) is 22.3 Å². The summed E-state index contributed by atoms with van der Waals surface area (Å²) in [6.45, 7) is 1.05. The number of nitrogens with zero attached hydrogens (tertiary/aromatic N) is 5. The number of aliphatic hydroxyl groups is 1. The molecule has 1 aromatic carbocycles.